The molecule has 0 aliphatic carbocycles. The third-order valence-corrected chi connectivity index (χ3v) is 5.61. The van der Waals surface area contributed by atoms with E-state index >= 15 is 0 Å². The number of nitrogens with zero attached hydrogens (tertiary/aromatic N) is 1. The van der Waals surface area contributed by atoms with Crippen molar-refractivity contribution in [2.75, 3.05) is 17.2 Å². The lowest BCUT2D eigenvalue weighted by Gasteiger charge is -2.26. The maximum atomic E-state index is 13.4. The Morgan fingerprint density at radius 1 is 0.941 bits per heavy atom. The summed E-state index contributed by atoms with van der Waals surface area (Å²) in [5, 5.41) is 16.7. The highest BCUT2D eigenvalue weighted by molar-refractivity contribution is 6.31. The SMILES string of the molecule is Oc1c(C(Nc2ccc(C(F)(F)F)cn2)c2cc(C(F)(F)F)ccc2Cl)ccc2c1NCC=C2. The maximum Gasteiger partial charge on any atom is 0.417 e. The van der Waals surface area contributed by atoms with Gasteiger partial charge in [-0.2, -0.15) is 26.3 Å². The number of aromatic hydroxyl groups is 1. The number of anilines is 2. The summed E-state index contributed by atoms with van der Waals surface area (Å²) >= 11 is 6.25. The lowest BCUT2D eigenvalue weighted by molar-refractivity contribution is -0.138. The molecule has 1 atom stereocenters. The van der Waals surface area contributed by atoms with E-state index in [1.165, 1.54) is 6.07 Å². The Labute approximate surface area is 194 Å². The number of aromatic nitrogens is 1. The Bertz CT molecular complexity index is 1240. The first-order chi connectivity index (χ1) is 15.9. The number of hydrogen-bond donors (Lipinski definition) is 3. The topological polar surface area (TPSA) is 57.2 Å². The molecule has 1 aromatic heterocycles. The summed E-state index contributed by atoms with van der Waals surface area (Å²) in [5.41, 5.74) is -0.814. The van der Waals surface area contributed by atoms with Crippen molar-refractivity contribution in [1.82, 2.24) is 4.98 Å². The second-order valence-electron chi connectivity index (χ2n) is 7.49. The summed E-state index contributed by atoms with van der Waals surface area (Å²) in [4.78, 5) is 3.75. The third kappa shape index (κ3) is 4.77. The average molecular weight is 500 g/mol. The number of phenolic OH excluding ortho intramolecular Hbond substituents is 1. The fraction of sp³-hybridized carbons (Fsp3) is 0.174. The van der Waals surface area contributed by atoms with Gasteiger partial charge in [0, 0.05) is 28.9 Å². The fourth-order valence-electron chi connectivity index (χ4n) is 3.59. The van der Waals surface area contributed by atoms with Gasteiger partial charge in [-0.3, -0.25) is 0 Å². The quantitative estimate of drug-likeness (QED) is 0.264. The molecule has 178 valence electrons. The first kappa shape index (κ1) is 23.7. The van der Waals surface area contributed by atoms with Crippen molar-refractivity contribution in [3.63, 3.8) is 0 Å². The van der Waals surface area contributed by atoms with Crippen LogP contribution in [0.15, 0.2) is 54.7 Å². The minimum absolute atomic E-state index is 0.0395. The van der Waals surface area contributed by atoms with Gasteiger partial charge in [0.2, 0.25) is 0 Å². The number of benzene rings is 2. The predicted octanol–water partition coefficient (Wildman–Crippen LogP) is 7.12. The Morgan fingerprint density at radius 3 is 2.29 bits per heavy atom. The molecule has 0 saturated heterocycles. The molecule has 4 nitrogen and oxygen atoms in total. The van der Waals surface area contributed by atoms with Gasteiger partial charge in [0.05, 0.1) is 22.9 Å². The summed E-state index contributed by atoms with van der Waals surface area (Å²) in [5.74, 6) is -0.295. The van der Waals surface area contributed by atoms with Crippen LogP contribution in [-0.2, 0) is 12.4 Å². The number of hydrogen-bond acceptors (Lipinski definition) is 4. The smallest absolute Gasteiger partial charge is 0.417 e. The van der Waals surface area contributed by atoms with Crippen LogP contribution < -0.4 is 10.6 Å². The molecule has 1 aliphatic heterocycles. The molecule has 1 aliphatic rings. The number of fused-ring (bicyclic) bond motifs is 1. The largest absolute Gasteiger partial charge is 0.505 e. The van der Waals surface area contributed by atoms with Crippen molar-refractivity contribution < 1.29 is 31.4 Å². The molecule has 0 bridgehead atoms. The highest BCUT2D eigenvalue weighted by Crippen LogP contribution is 2.43. The zero-order chi connectivity index (χ0) is 24.7. The van der Waals surface area contributed by atoms with E-state index in [1.807, 2.05) is 6.08 Å². The summed E-state index contributed by atoms with van der Waals surface area (Å²) < 4.78 is 78.9. The molecule has 0 radical (unpaired) electrons. The van der Waals surface area contributed by atoms with E-state index in [4.69, 9.17) is 11.6 Å². The van der Waals surface area contributed by atoms with Crippen molar-refractivity contribution in [3.05, 3.63) is 87.6 Å². The number of alkyl halides is 6. The van der Waals surface area contributed by atoms with Crippen molar-refractivity contribution >= 4 is 29.2 Å². The molecular weight excluding hydrogens is 484 g/mol. The molecule has 2 heterocycles. The molecule has 34 heavy (non-hydrogen) atoms. The normalized spacial score (nSPS) is 14.3. The Balaban J connectivity index is 1.84. The summed E-state index contributed by atoms with van der Waals surface area (Å²) in [7, 11) is 0. The molecule has 3 aromatic rings. The number of halogens is 7. The van der Waals surface area contributed by atoms with Gasteiger partial charge < -0.3 is 15.7 Å². The van der Waals surface area contributed by atoms with Crippen LogP contribution in [0, 0.1) is 0 Å². The van der Waals surface area contributed by atoms with Gasteiger partial charge in [-0.15, -0.1) is 0 Å². The van der Waals surface area contributed by atoms with Crippen molar-refractivity contribution in [2.45, 2.75) is 18.4 Å². The van der Waals surface area contributed by atoms with Crippen LogP contribution in [0.1, 0.15) is 33.9 Å². The zero-order valence-electron chi connectivity index (χ0n) is 17.1. The summed E-state index contributed by atoms with van der Waals surface area (Å²) in [6, 6.07) is 6.55. The van der Waals surface area contributed by atoms with Crippen LogP contribution in [-0.4, -0.2) is 16.6 Å². The fourth-order valence-corrected chi connectivity index (χ4v) is 3.81. The number of nitrogens with one attached hydrogen (secondary N) is 2. The second-order valence-corrected chi connectivity index (χ2v) is 7.90. The van der Waals surface area contributed by atoms with Crippen LogP contribution in [0.25, 0.3) is 6.08 Å². The van der Waals surface area contributed by atoms with E-state index in [0.29, 0.717) is 24.0 Å². The van der Waals surface area contributed by atoms with E-state index < -0.39 is 29.5 Å². The molecule has 3 N–H and O–H groups in total. The molecule has 2 aromatic carbocycles. The molecule has 0 saturated carbocycles. The molecule has 0 spiro atoms. The van der Waals surface area contributed by atoms with E-state index in [-0.39, 0.29) is 27.7 Å². The van der Waals surface area contributed by atoms with Gasteiger partial charge in [-0.25, -0.2) is 4.98 Å². The maximum absolute atomic E-state index is 13.4. The molecule has 4 rings (SSSR count). The molecule has 1 unspecified atom stereocenters. The van der Waals surface area contributed by atoms with E-state index in [1.54, 1.807) is 12.1 Å². The van der Waals surface area contributed by atoms with Gasteiger partial charge in [0.1, 0.15) is 11.6 Å². The van der Waals surface area contributed by atoms with Crippen molar-refractivity contribution in [1.29, 1.82) is 0 Å². The van der Waals surface area contributed by atoms with E-state index in [9.17, 15) is 31.4 Å². The number of phenols is 1. The van der Waals surface area contributed by atoms with Gasteiger partial charge in [-0.1, -0.05) is 35.9 Å². The standard InChI is InChI=1S/C23H16ClF6N3O/c24-17-7-4-13(22(25,26)27)10-16(17)20(33-18-8-5-14(11-32-18)23(28,29)30)15-6-3-12-2-1-9-31-19(12)21(15)34/h1-8,10-11,20,31,34H,9H2,(H,32,33). The molecule has 11 heteroatoms. The molecule has 0 amide bonds. The average Bonchev–Trinajstić information content (AvgIpc) is 2.78. The number of rotatable bonds is 4. The Kier molecular flexibility index (Phi) is 6.11. The first-order valence-corrected chi connectivity index (χ1v) is 10.3. The molecular formula is C23H16ClF6N3O. The second kappa shape index (κ2) is 8.75. The van der Waals surface area contributed by atoms with Gasteiger partial charge in [0.15, 0.2) is 0 Å². The third-order valence-electron chi connectivity index (χ3n) is 5.26. The summed E-state index contributed by atoms with van der Waals surface area (Å²) in [6.45, 7) is 0.423. The first-order valence-electron chi connectivity index (χ1n) is 9.88. The Morgan fingerprint density at radius 2 is 1.65 bits per heavy atom. The lowest BCUT2D eigenvalue weighted by atomic mass is 9.93. The molecule has 0 fully saturated rings. The lowest BCUT2D eigenvalue weighted by Crippen LogP contribution is -2.17. The predicted molar refractivity (Wildman–Crippen MR) is 117 cm³/mol. The Hall–Kier alpha value is -3.40. The monoisotopic (exact) mass is 499 g/mol. The zero-order valence-corrected chi connectivity index (χ0v) is 17.9. The van der Waals surface area contributed by atoms with Crippen LogP contribution >= 0.6 is 11.6 Å². The highest BCUT2D eigenvalue weighted by Gasteiger charge is 2.33. The van der Waals surface area contributed by atoms with E-state index in [0.717, 1.165) is 30.3 Å². The van der Waals surface area contributed by atoms with Gasteiger partial charge in [0.25, 0.3) is 0 Å². The van der Waals surface area contributed by atoms with Crippen LogP contribution in [0.2, 0.25) is 5.02 Å². The van der Waals surface area contributed by atoms with Crippen molar-refractivity contribution in [3.8, 4) is 5.75 Å². The summed E-state index contributed by atoms with van der Waals surface area (Å²) in [6.07, 6.45) is -5.07. The van der Waals surface area contributed by atoms with Crippen molar-refractivity contribution in [2.24, 2.45) is 0 Å². The van der Waals surface area contributed by atoms with Crippen LogP contribution in [0.4, 0.5) is 37.8 Å². The highest BCUT2D eigenvalue weighted by atomic mass is 35.5. The minimum atomic E-state index is -4.67. The van der Waals surface area contributed by atoms with Crippen LogP contribution in [0.5, 0.6) is 5.75 Å². The van der Waals surface area contributed by atoms with Gasteiger partial charge >= 0.3 is 12.4 Å². The van der Waals surface area contributed by atoms with E-state index in [2.05, 4.69) is 15.6 Å². The van der Waals surface area contributed by atoms with Crippen LogP contribution in [0.3, 0.4) is 0 Å². The number of pyridine rings is 1. The minimum Gasteiger partial charge on any atom is -0.505 e. The van der Waals surface area contributed by atoms with Gasteiger partial charge in [-0.05, 0) is 35.9 Å².